The summed E-state index contributed by atoms with van der Waals surface area (Å²) in [5.74, 6) is 0.244. The molecule has 0 spiro atoms. The van der Waals surface area contributed by atoms with Crippen LogP contribution in [0.1, 0.15) is 20.3 Å². The summed E-state index contributed by atoms with van der Waals surface area (Å²) in [6.45, 7) is 3.86. The number of esters is 1. The third-order valence-electron chi connectivity index (χ3n) is 1.91. The minimum atomic E-state index is -2.49. The Morgan fingerprint density at radius 1 is 1.42 bits per heavy atom. The first-order valence-electron chi connectivity index (χ1n) is 5.69. The lowest BCUT2D eigenvalue weighted by Crippen LogP contribution is -2.07. The molecule has 0 fully saturated rings. The van der Waals surface area contributed by atoms with Crippen molar-refractivity contribution < 1.29 is 18.8 Å². The molecular formula is C11H21N2O4PS. The van der Waals surface area contributed by atoms with E-state index in [0.29, 0.717) is 24.4 Å². The van der Waals surface area contributed by atoms with Gasteiger partial charge >= 0.3 is 5.97 Å². The molecule has 2 N–H and O–H groups in total. The molecule has 1 atom stereocenters. The molecule has 19 heavy (non-hydrogen) atoms. The van der Waals surface area contributed by atoms with Gasteiger partial charge in [-0.25, -0.2) is 9.56 Å². The molecule has 0 heterocycles. The minimum absolute atomic E-state index is 0.367. The van der Waals surface area contributed by atoms with Crippen molar-refractivity contribution in [2.45, 2.75) is 20.3 Å². The monoisotopic (exact) mass is 308 g/mol. The lowest BCUT2D eigenvalue weighted by Gasteiger charge is -2.19. The highest BCUT2D eigenvalue weighted by Crippen LogP contribution is 2.51. The summed E-state index contributed by atoms with van der Waals surface area (Å²) in [5, 5.41) is 0. The Labute approximate surface area is 119 Å². The SMILES string of the molecule is COCCCP(=S)(N=C(C)N)OC(C)=CC(=O)OC. The van der Waals surface area contributed by atoms with Crippen LogP contribution in [-0.4, -0.2) is 38.8 Å². The molecule has 0 rings (SSSR count). The topological polar surface area (TPSA) is 83.1 Å². The molecule has 0 amide bonds. The molecule has 6 nitrogen and oxygen atoms in total. The maximum Gasteiger partial charge on any atom is 0.333 e. The molecule has 0 aromatic rings. The van der Waals surface area contributed by atoms with Crippen LogP contribution in [0.3, 0.4) is 0 Å². The van der Waals surface area contributed by atoms with Crippen molar-refractivity contribution >= 4 is 30.0 Å². The highest BCUT2D eigenvalue weighted by Gasteiger charge is 2.18. The number of nitrogens with two attached hydrogens (primary N) is 1. The number of rotatable bonds is 8. The fourth-order valence-electron chi connectivity index (χ4n) is 1.24. The maximum atomic E-state index is 11.1. The normalized spacial score (nSPS) is 15.8. The van der Waals surface area contributed by atoms with E-state index in [0.717, 1.165) is 6.42 Å². The fraction of sp³-hybridized carbons (Fsp3) is 0.636. The van der Waals surface area contributed by atoms with E-state index in [1.54, 1.807) is 21.0 Å². The Kier molecular flexibility index (Phi) is 8.63. The number of hydrogen-bond donors (Lipinski definition) is 1. The summed E-state index contributed by atoms with van der Waals surface area (Å²) in [6.07, 6.45) is 0.0180. The average Bonchev–Trinajstić information content (AvgIpc) is 2.27. The van der Waals surface area contributed by atoms with Crippen molar-refractivity contribution in [2.24, 2.45) is 10.5 Å². The van der Waals surface area contributed by atoms with E-state index < -0.39 is 12.4 Å². The van der Waals surface area contributed by atoms with E-state index in [4.69, 9.17) is 26.8 Å². The Bertz CT molecular complexity index is 405. The first kappa shape index (κ1) is 18.1. The molecule has 0 bridgehead atoms. The molecule has 0 aliphatic heterocycles. The summed E-state index contributed by atoms with van der Waals surface area (Å²) >= 11 is 5.43. The fourth-order valence-corrected chi connectivity index (χ4v) is 4.11. The van der Waals surface area contributed by atoms with Gasteiger partial charge in [0.1, 0.15) is 5.76 Å². The van der Waals surface area contributed by atoms with E-state index in [1.165, 1.54) is 13.2 Å². The molecule has 0 aromatic carbocycles. The highest BCUT2D eigenvalue weighted by atomic mass is 32.4. The van der Waals surface area contributed by atoms with Crippen molar-refractivity contribution in [3.05, 3.63) is 11.8 Å². The first-order chi connectivity index (χ1) is 8.83. The van der Waals surface area contributed by atoms with Crippen LogP contribution in [0, 0.1) is 0 Å². The number of allylic oxidation sites excluding steroid dienone is 1. The molecule has 0 aromatic heterocycles. The molecule has 0 saturated heterocycles. The molecule has 8 heteroatoms. The van der Waals surface area contributed by atoms with Crippen molar-refractivity contribution in [2.75, 3.05) is 27.0 Å². The molecule has 110 valence electrons. The lowest BCUT2D eigenvalue weighted by atomic mass is 10.5. The number of nitrogens with zero attached hydrogens (tertiary/aromatic N) is 1. The molecule has 0 aliphatic rings. The Morgan fingerprint density at radius 3 is 2.53 bits per heavy atom. The van der Waals surface area contributed by atoms with Gasteiger partial charge in [0.05, 0.1) is 19.0 Å². The van der Waals surface area contributed by atoms with Crippen molar-refractivity contribution in [3.63, 3.8) is 0 Å². The molecule has 0 saturated carbocycles. The molecule has 0 aliphatic carbocycles. The van der Waals surface area contributed by atoms with Crippen molar-refractivity contribution in [1.82, 2.24) is 0 Å². The zero-order chi connectivity index (χ0) is 14.9. The lowest BCUT2D eigenvalue weighted by molar-refractivity contribution is -0.135. The van der Waals surface area contributed by atoms with Gasteiger partial charge in [-0.15, -0.1) is 0 Å². The van der Waals surface area contributed by atoms with E-state index in [1.807, 2.05) is 0 Å². The van der Waals surface area contributed by atoms with E-state index in [-0.39, 0.29) is 0 Å². The quantitative estimate of drug-likeness (QED) is 0.140. The van der Waals surface area contributed by atoms with E-state index in [9.17, 15) is 4.79 Å². The Balaban J connectivity index is 4.86. The zero-order valence-corrected chi connectivity index (χ0v) is 13.4. The number of carbonyl (C=O) groups is 1. The van der Waals surface area contributed by atoms with Gasteiger partial charge in [0.2, 0.25) is 6.42 Å². The molecular weight excluding hydrogens is 287 g/mol. The summed E-state index contributed by atoms with van der Waals surface area (Å²) < 4.78 is 19.3. The highest BCUT2D eigenvalue weighted by molar-refractivity contribution is 8.11. The van der Waals surface area contributed by atoms with Crippen LogP contribution in [0.15, 0.2) is 16.6 Å². The standard InChI is InChI=1S/C11H21N2O4PS/c1-9(8-11(14)16-4)17-18(19,13-10(2)12)7-5-6-15-3/h8H,5-7H2,1-4H3,(H2,12,13,19). The predicted octanol–water partition coefficient (Wildman–Crippen LogP) is 1.80. The van der Waals surface area contributed by atoms with E-state index in [2.05, 4.69) is 9.50 Å². The van der Waals surface area contributed by atoms with Gasteiger partial charge < -0.3 is 19.7 Å². The van der Waals surface area contributed by atoms with Crippen molar-refractivity contribution in [3.8, 4) is 0 Å². The summed E-state index contributed by atoms with van der Waals surface area (Å²) in [7, 11) is 2.91. The van der Waals surface area contributed by atoms with Crippen LogP contribution >= 0.6 is 6.42 Å². The second kappa shape index (κ2) is 9.07. The van der Waals surface area contributed by atoms with Crippen LogP contribution < -0.4 is 5.73 Å². The third-order valence-corrected chi connectivity index (χ3v) is 5.00. The Hall–Kier alpha value is -0.910. The van der Waals surface area contributed by atoms with Crippen LogP contribution in [-0.2, 0) is 30.6 Å². The number of ether oxygens (including phenoxy) is 2. The van der Waals surface area contributed by atoms with E-state index >= 15 is 0 Å². The van der Waals surface area contributed by atoms with Gasteiger partial charge in [0, 0.05) is 19.9 Å². The average molecular weight is 308 g/mol. The number of methoxy groups -OCH3 is 2. The zero-order valence-electron chi connectivity index (χ0n) is 11.7. The van der Waals surface area contributed by atoms with Crippen LogP contribution in [0.25, 0.3) is 0 Å². The minimum Gasteiger partial charge on any atom is -0.466 e. The summed E-state index contributed by atoms with van der Waals surface area (Å²) in [5.41, 5.74) is 5.57. The van der Waals surface area contributed by atoms with Gasteiger partial charge in [-0.05, 0) is 32.1 Å². The van der Waals surface area contributed by atoms with Gasteiger partial charge in [-0.3, -0.25) is 0 Å². The van der Waals surface area contributed by atoms with Gasteiger partial charge in [-0.2, -0.15) is 0 Å². The van der Waals surface area contributed by atoms with Crippen LogP contribution in [0.5, 0.6) is 0 Å². The predicted molar refractivity (Wildman–Crippen MR) is 79.8 cm³/mol. The first-order valence-corrected chi connectivity index (χ1v) is 8.55. The number of hydrogen-bond acceptors (Lipinski definition) is 5. The van der Waals surface area contributed by atoms with Crippen LogP contribution in [0.4, 0.5) is 0 Å². The number of amidine groups is 1. The molecule has 0 radical (unpaired) electrons. The van der Waals surface area contributed by atoms with Gasteiger partial charge in [0.15, 0.2) is 0 Å². The van der Waals surface area contributed by atoms with Crippen molar-refractivity contribution in [1.29, 1.82) is 0 Å². The van der Waals surface area contributed by atoms with Gasteiger partial charge in [0.25, 0.3) is 0 Å². The van der Waals surface area contributed by atoms with Gasteiger partial charge in [-0.1, -0.05) is 0 Å². The largest absolute Gasteiger partial charge is 0.466 e. The Morgan fingerprint density at radius 2 is 2.05 bits per heavy atom. The number of carbonyl (C=O) groups excluding carboxylic acids is 1. The maximum absolute atomic E-state index is 11.1. The second-order valence-electron chi connectivity index (χ2n) is 3.82. The second-order valence-corrected chi connectivity index (χ2v) is 7.63. The summed E-state index contributed by atoms with van der Waals surface area (Å²) in [4.78, 5) is 11.1. The smallest absolute Gasteiger partial charge is 0.333 e. The third kappa shape index (κ3) is 8.75. The molecule has 1 unspecified atom stereocenters. The summed E-state index contributed by atoms with van der Waals surface area (Å²) in [6, 6.07) is 0. The van der Waals surface area contributed by atoms with Crippen LogP contribution in [0.2, 0.25) is 0 Å².